The van der Waals surface area contributed by atoms with Gasteiger partial charge in [-0.1, -0.05) is 0 Å². The molecule has 0 amide bonds. The molecule has 2 atom stereocenters. The van der Waals surface area contributed by atoms with Crippen LogP contribution in [0.25, 0.3) is 0 Å². The van der Waals surface area contributed by atoms with Gasteiger partial charge in [0.15, 0.2) is 0 Å². The summed E-state index contributed by atoms with van der Waals surface area (Å²) in [5, 5.41) is 3.53. The van der Waals surface area contributed by atoms with Crippen LogP contribution in [0.1, 0.15) is 37.4 Å². The zero-order valence-electron chi connectivity index (χ0n) is 12.4. The molecule has 0 saturated carbocycles. The van der Waals surface area contributed by atoms with Crippen LogP contribution in [-0.2, 0) is 7.05 Å². The van der Waals surface area contributed by atoms with Crippen molar-refractivity contribution in [1.29, 1.82) is 0 Å². The predicted octanol–water partition coefficient (Wildman–Crippen LogP) is 2.02. The van der Waals surface area contributed by atoms with E-state index in [1.807, 2.05) is 6.20 Å². The van der Waals surface area contributed by atoms with Crippen LogP contribution in [0.15, 0.2) is 12.4 Å². The van der Waals surface area contributed by atoms with Gasteiger partial charge in [-0.15, -0.1) is 12.4 Å². The van der Waals surface area contributed by atoms with Gasteiger partial charge in [0, 0.05) is 38.4 Å². The molecule has 0 spiro atoms. The van der Waals surface area contributed by atoms with E-state index in [9.17, 15) is 0 Å². The molecule has 2 unspecified atom stereocenters. The lowest BCUT2D eigenvalue weighted by molar-refractivity contribution is 0.162. The van der Waals surface area contributed by atoms with Crippen LogP contribution in [0.3, 0.4) is 0 Å². The average molecular weight is 299 g/mol. The summed E-state index contributed by atoms with van der Waals surface area (Å²) in [5.74, 6) is 2.76. The first-order valence-electron chi connectivity index (χ1n) is 7.73. The zero-order valence-corrected chi connectivity index (χ0v) is 13.2. The number of imidazole rings is 1. The van der Waals surface area contributed by atoms with Gasteiger partial charge < -0.3 is 14.8 Å². The maximum Gasteiger partial charge on any atom is 0.112 e. The summed E-state index contributed by atoms with van der Waals surface area (Å²) >= 11 is 0. The fourth-order valence-corrected chi connectivity index (χ4v) is 3.65. The Bertz CT molecular complexity index is 400. The molecule has 2 saturated heterocycles. The summed E-state index contributed by atoms with van der Waals surface area (Å²) in [6, 6.07) is 0. The Balaban J connectivity index is 0.00000147. The normalized spacial score (nSPS) is 28.1. The largest absolute Gasteiger partial charge is 0.338 e. The van der Waals surface area contributed by atoms with Crippen molar-refractivity contribution in [2.75, 3.05) is 32.7 Å². The summed E-state index contributed by atoms with van der Waals surface area (Å²) in [6.45, 7) is 6.17. The summed E-state index contributed by atoms with van der Waals surface area (Å²) < 4.78 is 2.19. The van der Waals surface area contributed by atoms with Crippen molar-refractivity contribution in [2.24, 2.45) is 13.0 Å². The number of piperidine rings is 2. The molecule has 5 heteroatoms. The Hall–Kier alpha value is -0.580. The van der Waals surface area contributed by atoms with E-state index in [0.717, 1.165) is 5.92 Å². The molecule has 4 nitrogen and oxygen atoms in total. The Labute approximate surface area is 128 Å². The minimum Gasteiger partial charge on any atom is -0.338 e. The average Bonchev–Trinajstić information content (AvgIpc) is 2.86. The lowest BCUT2D eigenvalue weighted by Crippen LogP contribution is -2.42. The molecule has 1 N–H and O–H groups in total. The van der Waals surface area contributed by atoms with Gasteiger partial charge in [-0.3, -0.25) is 0 Å². The monoisotopic (exact) mass is 298 g/mol. The topological polar surface area (TPSA) is 33.1 Å². The fraction of sp³-hybridized carbons (Fsp3) is 0.800. The van der Waals surface area contributed by atoms with E-state index >= 15 is 0 Å². The van der Waals surface area contributed by atoms with E-state index < -0.39 is 0 Å². The van der Waals surface area contributed by atoms with Gasteiger partial charge in [-0.25, -0.2) is 4.98 Å². The number of nitrogens with one attached hydrogen (secondary N) is 1. The lowest BCUT2D eigenvalue weighted by Gasteiger charge is -2.35. The first-order chi connectivity index (χ1) is 9.33. The zero-order chi connectivity index (χ0) is 13.1. The van der Waals surface area contributed by atoms with Crippen molar-refractivity contribution in [3.8, 4) is 0 Å². The predicted molar refractivity (Wildman–Crippen MR) is 84.5 cm³/mol. The van der Waals surface area contributed by atoms with Crippen molar-refractivity contribution in [2.45, 2.75) is 31.6 Å². The third-order valence-electron chi connectivity index (χ3n) is 4.64. The molecule has 1 aromatic heterocycles. The standard InChI is InChI=1S/C15H26N4.ClH/c1-18-9-7-17-15(18)14-5-3-8-19(12-14)11-13-4-2-6-16-10-13;/h7,9,13-14,16H,2-6,8,10-12H2,1H3;1H. The van der Waals surface area contributed by atoms with Crippen molar-refractivity contribution >= 4 is 12.4 Å². The SMILES string of the molecule is Cl.Cn1ccnc1C1CCCN(CC2CCCNC2)C1. The quantitative estimate of drug-likeness (QED) is 0.927. The summed E-state index contributed by atoms with van der Waals surface area (Å²) in [7, 11) is 2.12. The number of rotatable bonds is 3. The van der Waals surface area contributed by atoms with Crippen LogP contribution in [0, 0.1) is 5.92 Å². The molecule has 2 fully saturated rings. The summed E-state index contributed by atoms with van der Waals surface area (Å²) in [6.07, 6.45) is 9.36. The number of hydrogen-bond donors (Lipinski definition) is 1. The van der Waals surface area contributed by atoms with Crippen molar-refractivity contribution in [1.82, 2.24) is 19.8 Å². The van der Waals surface area contributed by atoms with E-state index in [1.165, 1.54) is 64.2 Å². The number of nitrogens with zero attached hydrogens (tertiary/aromatic N) is 3. The molecular formula is C15H27ClN4. The molecule has 0 bridgehead atoms. The minimum absolute atomic E-state index is 0. The van der Waals surface area contributed by atoms with E-state index in [1.54, 1.807) is 0 Å². The molecule has 2 aliphatic rings. The third-order valence-corrected chi connectivity index (χ3v) is 4.64. The van der Waals surface area contributed by atoms with Gasteiger partial charge >= 0.3 is 0 Å². The molecule has 1 aromatic rings. The highest BCUT2D eigenvalue weighted by atomic mass is 35.5. The highest BCUT2D eigenvalue weighted by molar-refractivity contribution is 5.85. The van der Waals surface area contributed by atoms with E-state index in [-0.39, 0.29) is 12.4 Å². The van der Waals surface area contributed by atoms with Crippen LogP contribution in [0.2, 0.25) is 0 Å². The maximum absolute atomic E-state index is 4.54. The lowest BCUT2D eigenvalue weighted by atomic mass is 9.94. The second kappa shape index (κ2) is 7.43. The smallest absolute Gasteiger partial charge is 0.112 e. The van der Waals surface area contributed by atoms with E-state index in [0.29, 0.717) is 5.92 Å². The molecular weight excluding hydrogens is 272 g/mol. The molecule has 20 heavy (non-hydrogen) atoms. The number of likely N-dealkylation sites (tertiary alicyclic amines) is 1. The van der Waals surface area contributed by atoms with E-state index in [2.05, 4.69) is 33.0 Å². The first-order valence-corrected chi connectivity index (χ1v) is 7.73. The van der Waals surface area contributed by atoms with Crippen LogP contribution in [-0.4, -0.2) is 47.2 Å². The van der Waals surface area contributed by atoms with Crippen molar-refractivity contribution in [3.05, 3.63) is 18.2 Å². The van der Waals surface area contributed by atoms with Crippen LogP contribution in [0.4, 0.5) is 0 Å². The Morgan fingerprint density at radius 3 is 2.95 bits per heavy atom. The Morgan fingerprint density at radius 1 is 1.35 bits per heavy atom. The van der Waals surface area contributed by atoms with Gasteiger partial charge in [0.05, 0.1) is 0 Å². The van der Waals surface area contributed by atoms with Crippen LogP contribution >= 0.6 is 12.4 Å². The van der Waals surface area contributed by atoms with Crippen molar-refractivity contribution < 1.29 is 0 Å². The second-order valence-corrected chi connectivity index (χ2v) is 6.21. The molecule has 3 rings (SSSR count). The molecule has 0 aromatic carbocycles. The van der Waals surface area contributed by atoms with Gasteiger partial charge in [-0.05, 0) is 51.2 Å². The molecule has 3 heterocycles. The van der Waals surface area contributed by atoms with Gasteiger partial charge in [0.1, 0.15) is 5.82 Å². The maximum atomic E-state index is 4.54. The summed E-state index contributed by atoms with van der Waals surface area (Å²) in [4.78, 5) is 7.21. The van der Waals surface area contributed by atoms with Gasteiger partial charge in [0.2, 0.25) is 0 Å². The number of aryl methyl sites for hydroxylation is 1. The molecule has 0 radical (unpaired) electrons. The Morgan fingerprint density at radius 2 is 2.25 bits per heavy atom. The third kappa shape index (κ3) is 3.74. The van der Waals surface area contributed by atoms with Gasteiger partial charge in [0.25, 0.3) is 0 Å². The molecule has 114 valence electrons. The summed E-state index contributed by atoms with van der Waals surface area (Å²) in [5.41, 5.74) is 0. The second-order valence-electron chi connectivity index (χ2n) is 6.21. The molecule has 2 aliphatic heterocycles. The minimum atomic E-state index is 0. The fourth-order valence-electron chi connectivity index (χ4n) is 3.65. The first kappa shape index (κ1) is 15.8. The highest BCUT2D eigenvalue weighted by Gasteiger charge is 2.26. The van der Waals surface area contributed by atoms with Gasteiger partial charge in [-0.2, -0.15) is 0 Å². The van der Waals surface area contributed by atoms with E-state index in [4.69, 9.17) is 0 Å². The number of aromatic nitrogens is 2. The van der Waals surface area contributed by atoms with Crippen LogP contribution in [0.5, 0.6) is 0 Å². The van der Waals surface area contributed by atoms with Crippen LogP contribution < -0.4 is 5.32 Å². The number of hydrogen-bond acceptors (Lipinski definition) is 3. The van der Waals surface area contributed by atoms with Crippen molar-refractivity contribution in [3.63, 3.8) is 0 Å². The number of halogens is 1. The highest BCUT2D eigenvalue weighted by Crippen LogP contribution is 2.26. The molecule has 0 aliphatic carbocycles. The Kier molecular flexibility index (Phi) is 5.87.